The summed E-state index contributed by atoms with van der Waals surface area (Å²) in [4.78, 5) is 24.5. The van der Waals surface area contributed by atoms with Gasteiger partial charge in [-0.3, -0.25) is 14.9 Å². The molecule has 1 aliphatic heterocycles. The normalized spacial score (nSPS) is 19.3. The summed E-state index contributed by atoms with van der Waals surface area (Å²) in [5.74, 6) is -0.373. The fourth-order valence-electron chi connectivity index (χ4n) is 2.76. The van der Waals surface area contributed by atoms with E-state index in [-0.39, 0.29) is 23.2 Å². The molecule has 8 nitrogen and oxygen atoms in total. The zero-order valence-electron chi connectivity index (χ0n) is 13.2. The standard InChI is InChI=1S/C15H21N3O5/c1-10(19)7-12-9-23-6-5-17(12)13-4-3-11(15(20)16-2)8-14(13)18(21)22/h3-4,8,10,12,19H,5-7,9H2,1-2H3,(H,16,20). The highest BCUT2D eigenvalue weighted by atomic mass is 16.6. The number of ether oxygens (including phenoxy) is 1. The van der Waals surface area contributed by atoms with E-state index in [1.807, 2.05) is 4.90 Å². The Hall–Kier alpha value is -2.19. The van der Waals surface area contributed by atoms with Gasteiger partial charge in [0.1, 0.15) is 5.69 Å². The van der Waals surface area contributed by atoms with Crippen LogP contribution in [0.3, 0.4) is 0 Å². The SMILES string of the molecule is CNC(=O)c1ccc(N2CCOCC2CC(C)O)c([N+](=O)[O-])c1. The number of anilines is 1. The number of nitrogens with zero attached hydrogens (tertiary/aromatic N) is 2. The second kappa shape index (κ2) is 7.38. The predicted octanol–water partition coefficient (Wildman–Crippen LogP) is 0.931. The highest BCUT2D eigenvalue weighted by molar-refractivity contribution is 5.95. The molecule has 1 aliphatic rings. The van der Waals surface area contributed by atoms with Crippen LogP contribution in [0.2, 0.25) is 0 Å². The third kappa shape index (κ3) is 3.96. The van der Waals surface area contributed by atoms with Crippen molar-refractivity contribution < 1.29 is 19.6 Å². The monoisotopic (exact) mass is 323 g/mol. The Bertz CT molecular complexity index is 590. The lowest BCUT2D eigenvalue weighted by Crippen LogP contribution is -2.47. The summed E-state index contributed by atoms with van der Waals surface area (Å²) >= 11 is 0. The summed E-state index contributed by atoms with van der Waals surface area (Å²) in [5, 5.41) is 23.5. The van der Waals surface area contributed by atoms with Crippen LogP contribution in [0.1, 0.15) is 23.7 Å². The molecule has 8 heteroatoms. The van der Waals surface area contributed by atoms with E-state index >= 15 is 0 Å². The zero-order chi connectivity index (χ0) is 17.0. The minimum absolute atomic E-state index is 0.122. The van der Waals surface area contributed by atoms with Gasteiger partial charge in [0.25, 0.3) is 11.6 Å². The lowest BCUT2D eigenvalue weighted by Gasteiger charge is -2.37. The van der Waals surface area contributed by atoms with E-state index in [0.29, 0.717) is 31.9 Å². The van der Waals surface area contributed by atoms with Crippen molar-refractivity contribution in [1.29, 1.82) is 0 Å². The molecule has 2 N–H and O–H groups in total. The van der Waals surface area contributed by atoms with Crippen LogP contribution < -0.4 is 10.2 Å². The molecule has 2 unspecified atom stereocenters. The van der Waals surface area contributed by atoms with Crippen LogP contribution in [0.4, 0.5) is 11.4 Å². The van der Waals surface area contributed by atoms with Crippen molar-refractivity contribution in [3.63, 3.8) is 0 Å². The lowest BCUT2D eigenvalue weighted by molar-refractivity contribution is -0.384. The number of nitro benzene ring substituents is 1. The summed E-state index contributed by atoms with van der Waals surface area (Å²) in [6.45, 7) is 3.04. The van der Waals surface area contributed by atoms with Gasteiger partial charge in [0.05, 0.1) is 30.3 Å². The molecular formula is C15H21N3O5. The number of nitrogens with one attached hydrogen (secondary N) is 1. The Balaban J connectivity index is 2.39. The molecule has 0 aromatic heterocycles. The number of carbonyl (C=O) groups is 1. The van der Waals surface area contributed by atoms with Crippen LogP contribution in [0, 0.1) is 10.1 Å². The summed E-state index contributed by atoms with van der Waals surface area (Å²) in [7, 11) is 1.47. The lowest BCUT2D eigenvalue weighted by atomic mass is 10.1. The van der Waals surface area contributed by atoms with Crippen molar-refractivity contribution in [2.24, 2.45) is 0 Å². The minimum Gasteiger partial charge on any atom is -0.393 e. The quantitative estimate of drug-likeness (QED) is 0.617. The molecule has 1 heterocycles. The van der Waals surface area contributed by atoms with Crippen LogP contribution in [-0.2, 0) is 4.74 Å². The van der Waals surface area contributed by atoms with E-state index in [1.165, 1.54) is 13.1 Å². The number of hydrogen-bond donors (Lipinski definition) is 2. The third-order valence-corrected chi connectivity index (χ3v) is 3.81. The maximum Gasteiger partial charge on any atom is 0.293 e. The fraction of sp³-hybridized carbons (Fsp3) is 0.533. The fourth-order valence-corrected chi connectivity index (χ4v) is 2.76. The van der Waals surface area contributed by atoms with Crippen molar-refractivity contribution in [3.05, 3.63) is 33.9 Å². The number of rotatable bonds is 5. The number of benzene rings is 1. The zero-order valence-corrected chi connectivity index (χ0v) is 13.2. The molecule has 1 aromatic carbocycles. The molecule has 1 amide bonds. The number of amides is 1. The van der Waals surface area contributed by atoms with Gasteiger partial charge >= 0.3 is 0 Å². The number of nitro groups is 1. The first kappa shape index (κ1) is 17.2. The number of aliphatic hydroxyl groups excluding tert-OH is 1. The van der Waals surface area contributed by atoms with Crippen molar-refractivity contribution in [1.82, 2.24) is 5.32 Å². The first-order chi connectivity index (χ1) is 10.9. The molecule has 0 spiro atoms. The number of aliphatic hydroxyl groups is 1. The number of carbonyl (C=O) groups excluding carboxylic acids is 1. The second-order valence-electron chi connectivity index (χ2n) is 5.55. The first-order valence-corrected chi connectivity index (χ1v) is 7.47. The highest BCUT2D eigenvalue weighted by Crippen LogP contribution is 2.32. The Kier molecular flexibility index (Phi) is 5.51. The number of hydrogen-bond acceptors (Lipinski definition) is 6. The largest absolute Gasteiger partial charge is 0.393 e. The second-order valence-corrected chi connectivity index (χ2v) is 5.55. The summed E-state index contributed by atoms with van der Waals surface area (Å²) < 4.78 is 5.43. The van der Waals surface area contributed by atoms with Gasteiger partial charge in [0.15, 0.2) is 0 Å². The van der Waals surface area contributed by atoms with Gasteiger partial charge in [0, 0.05) is 25.2 Å². The van der Waals surface area contributed by atoms with Crippen LogP contribution in [0.25, 0.3) is 0 Å². The smallest absolute Gasteiger partial charge is 0.293 e. The van der Waals surface area contributed by atoms with Crippen LogP contribution in [-0.4, -0.2) is 54.9 Å². The Morgan fingerprint density at radius 1 is 1.61 bits per heavy atom. The molecule has 0 saturated carbocycles. The molecule has 2 rings (SSSR count). The van der Waals surface area contributed by atoms with Gasteiger partial charge in [0.2, 0.25) is 0 Å². The van der Waals surface area contributed by atoms with E-state index in [0.717, 1.165) is 0 Å². The van der Waals surface area contributed by atoms with E-state index < -0.39 is 11.0 Å². The highest BCUT2D eigenvalue weighted by Gasteiger charge is 2.30. The van der Waals surface area contributed by atoms with E-state index in [4.69, 9.17) is 4.74 Å². The van der Waals surface area contributed by atoms with Crippen LogP contribution >= 0.6 is 0 Å². The van der Waals surface area contributed by atoms with Gasteiger partial charge in [-0.25, -0.2) is 0 Å². The maximum atomic E-state index is 11.7. The van der Waals surface area contributed by atoms with Gasteiger partial charge in [-0.05, 0) is 25.5 Å². The van der Waals surface area contributed by atoms with Crippen LogP contribution in [0.5, 0.6) is 0 Å². The van der Waals surface area contributed by atoms with Crippen molar-refractivity contribution in [2.75, 3.05) is 31.7 Å². The Morgan fingerprint density at radius 2 is 2.35 bits per heavy atom. The van der Waals surface area contributed by atoms with Crippen molar-refractivity contribution >= 4 is 17.3 Å². The van der Waals surface area contributed by atoms with Crippen molar-refractivity contribution in [3.8, 4) is 0 Å². The molecule has 0 bridgehead atoms. The minimum atomic E-state index is -0.534. The van der Waals surface area contributed by atoms with Gasteiger partial charge in [-0.1, -0.05) is 0 Å². The van der Waals surface area contributed by atoms with Gasteiger partial charge in [-0.2, -0.15) is 0 Å². The topological polar surface area (TPSA) is 105 Å². The maximum absolute atomic E-state index is 11.7. The molecule has 1 saturated heterocycles. The summed E-state index contributed by atoms with van der Waals surface area (Å²) in [6.07, 6.45) is -0.0812. The third-order valence-electron chi connectivity index (χ3n) is 3.81. The summed E-state index contributed by atoms with van der Waals surface area (Å²) in [6, 6.07) is 4.29. The molecule has 0 aliphatic carbocycles. The number of morpholine rings is 1. The molecule has 1 fully saturated rings. The molecule has 2 atom stereocenters. The van der Waals surface area contributed by atoms with Crippen molar-refractivity contribution in [2.45, 2.75) is 25.5 Å². The summed E-state index contributed by atoms with van der Waals surface area (Å²) in [5.41, 5.74) is 0.559. The van der Waals surface area contributed by atoms with Gasteiger partial charge < -0.3 is 20.1 Å². The molecule has 23 heavy (non-hydrogen) atoms. The molecular weight excluding hydrogens is 302 g/mol. The molecule has 1 aromatic rings. The predicted molar refractivity (Wildman–Crippen MR) is 84.7 cm³/mol. The molecule has 126 valence electrons. The van der Waals surface area contributed by atoms with E-state index in [1.54, 1.807) is 19.1 Å². The van der Waals surface area contributed by atoms with E-state index in [9.17, 15) is 20.0 Å². The Morgan fingerprint density at radius 3 is 2.96 bits per heavy atom. The van der Waals surface area contributed by atoms with Crippen LogP contribution in [0.15, 0.2) is 18.2 Å². The Labute approximate surface area is 134 Å². The average molecular weight is 323 g/mol. The van der Waals surface area contributed by atoms with E-state index in [2.05, 4.69) is 5.32 Å². The molecule has 0 radical (unpaired) electrons. The average Bonchev–Trinajstić information content (AvgIpc) is 2.53. The van der Waals surface area contributed by atoms with Gasteiger partial charge in [-0.15, -0.1) is 0 Å². The first-order valence-electron chi connectivity index (χ1n) is 7.47.